The van der Waals surface area contributed by atoms with Crippen LogP contribution in [-0.2, 0) is 5.41 Å². The van der Waals surface area contributed by atoms with Crippen LogP contribution in [0, 0.1) is 6.92 Å². The number of aromatic nitrogens is 1. The van der Waals surface area contributed by atoms with E-state index < -0.39 is 0 Å². The zero-order valence-corrected chi connectivity index (χ0v) is 13.0. The van der Waals surface area contributed by atoms with Gasteiger partial charge < -0.3 is 0 Å². The lowest BCUT2D eigenvalue weighted by molar-refractivity contribution is -0.721. The molecule has 1 atom stereocenters. The number of pyridine rings is 1. The summed E-state index contributed by atoms with van der Waals surface area (Å²) in [6, 6.07) is 14.0. The van der Waals surface area contributed by atoms with Crippen LogP contribution in [0.25, 0.3) is 11.3 Å². The third-order valence-electron chi connectivity index (χ3n) is 5.36. The Morgan fingerprint density at radius 3 is 2.55 bits per heavy atom. The van der Waals surface area contributed by atoms with Gasteiger partial charge >= 0.3 is 0 Å². The van der Waals surface area contributed by atoms with E-state index in [0.717, 1.165) is 0 Å². The van der Waals surface area contributed by atoms with Gasteiger partial charge in [0.1, 0.15) is 0 Å². The van der Waals surface area contributed by atoms with Gasteiger partial charge in [-0.2, -0.15) is 4.57 Å². The fourth-order valence-electron chi connectivity index (χ4n) is 4.03. The van der Waals surface area contributed by atoms with Crippen LogP contribution in [0.2, 0.25) is 0 Å². The quantitative estimate of drug-likeness (QED) is 0.700. The first-order valence-electron chi connectivity index (χ1n) is 7.75. The van der Waals surface area contributed by atoms with Crippen LogP contribution in [0.5, 0.6) is 0 Å². The summed E-state index contributed by atoms with van der Waals surface area (Å²) >= 11 is 0. The number of fused-ring (bicyclic) bond motifs is 3. The minimum atomic E-state index is 0.250. The Kier molecular flexibility index (Phi) is 3.16. The van der Waals surface area contributed by atoms with E-state index in [1.165, 1.54) is 29.7 Å². The number of hydrogen-bond donors (Lipinski definition) is 0. The molecule has 2 aromatic rings. The Morgan fingerprint density at radius 2 is 1.85 bits per heavy atom. The minimum absolute atomic E-state index is 0.250. The molecule has 0 bridgehead atoms. The molecular formula is C19H24N+. The summed E-state index contributed by atoms with van der Waals surface area (Å²) < 4.78 is 2.46. The molecule has 20 heavy (non-hydrogen) atoms. The first-order valence-corrected chi connectivity index (χ1v) is 7.75. The summed E-state index contributed by atoms with van der Waals surface area (Å²) in [6.45, 7) is 9.25. The van der Waals surface area contributed by atoms with Crippen LogP contribution < -0.4 is 4.57 Å². The molecule has 0 aliphatic carbocycles. The molecule has 1 nitrogen and oxygen atoms in total. The van der Waals surface area contributed by atoms with Gasteiger partial charge in [0.05, 0.1) is 11.0 Å². The molecule has 0 radical (unpaired) electrons. The Bertz CT molecular complexity index is 638. The number of hydrogen-bond acceptors (Lipinski definition) is 0. The van der Waals surface area contributed by atoms with Gasteiger partial charge in [-0.1, -0.05) is 31.5 Å². The molecule has 1 unspecified atom stereocenters. The van der Waals surface area contributed by atoms with E-state index in [1.807, 2.05) is 0 Å². The van der Waals surface area contributed by atoms with Gasteiger partial charge in [-0.15, -0.1) is 0 Å². The van der Waals surface area contributed by atoms with E-state index in [-0.39, 0.29) is 5.41 Å². The molecule has 0 amide bonds. The summed E-state index contributed by atoms with van der Waals surface area (Å²) in [5.41, 5.74) is 5.93. The number of nitrogens with zero attached hydrogens (tertiary/aromatic N) is 1. The van der Waals surface area contributed by atoms with Crippen molar-refractivity contribution in [1.29, 1.82) is 0 Å². The van der Waals surface area contributed by atoms with Crippen molar-refractivity contribution in [2.24, 2.45) is 0 Å². The first-order chi connectivity index (χ1) is 9.64. The minimum Gasteiger partial charge on any atom is -0.195 e. The van der Waals surface area contributed by atoms with E-state index in [4.69, 9.17) is 0 Å². The molecule has 0 N–H and O–H groups in total. The highest BCUT2D eigenvalue weighted by atomic mass is 15.0. The van der Waals surface area contributed by atoms with Crippen LogP contribution in [0.1, 0.15) is 50.8 Å². The van der Waals surface area contributed by atoms with Crippen molar-refractivity contribution in [3.05, 3.63) is 53.7 Å². The Balaban J connectivity index is 2.37. The van der Waals surface area contributed by atoms with E-state index in [1.54, 1.807) is 5.56 Å². The molecule has 0 saturated carbocycles. The van der Waals surface area contributed by atoms with Crippen molar-refractivity contribution in [3.63, 3.8) is 0 Å². The number of rotatable bonds is 2. The Morgan fingerprint density at radius 1 is 1.10 bits per heavy atom. The average Bonchev–Trinajstić information content (AvgIpc) is 2.49. The zero-order chi connectivity index (χ0) is 14.3. The summed E-state index contributed by atoms with van der Waals surface area (Å²) in [5, 5.41) is 0. The Labute approximate surface area is 122 Å². The number of aryl methyl sites for hydroxylation is 1. The fourth-order valence-corrected chi connectivity index (χ4v) is 4.03. The van der Waals surface area contributed by atoms with E-state index in [2.05, 4.69) is 74.9 Å². The average molecular weight is 266 g/mol. The van der Waals surface area contributed by atoms with Crippen LogP contribution in [0.15, 0.2) is 42.6 Å². The lowest BCUT2D eigenvalue weighted by atomic mass is 9.66. The third kappa shape index (κ3) is 1.65. The van der Waals surface area contributed by atoms with Crippen molar-refractivity contribution in [2.45, 2.75) is 52.0 Å². The van der Waals surface area contributed by atoms with Gasteiger partial charge in [-0.3, -0.25) is 0 Å². The molecular weight excluding hydrogens is 242 g/mol. The topological polar surface area (TPSA) is 3.88 Å². The highest BCUT2D eigenvalue weighted by Gasteiger charge is 2.47. The largest absolute Gasteiger partial charge is 0.213 e. The van der Waals surface area contributed by atoms with Gasteiger partial charge in [-0.05, 0) is 44.4 Å². The highest BCUT2D eigenvalue weighted by molar-refractivity contribution is 5.65. The molecule has 3 rings (SSSR count). The maximum absolute atomic E-state index is 2.46. The van der Waals surface area contributed by atoms with Gasteiger partial charge in [0, 0.05) is 12.1 Å². The molecule has 104 valence electrons. The summed E-state index contributed by atoms with van der Waals surface area (Å²) in [6.07, 6.45) is 4.60. The van der Waals surface area contributed by atoms with E-state index >= 15 is 0 Å². The van der Waals surface area contributed by atoms with Crippen LogP contribution >= 0.6 is 0 Å². The Hall–Kier alpha value is -1.63. The molecule has 1 heteroatoms. The van der Waals surface area contributed by atoms with Gasteiger partial charge in [0.15, 0.2) is 12.2 Å². The lowest BCUT2D eigenvalue weighted by Gasteiger charge is -2.39. The fraction of sp³-hybridized carbons (Fsp3) is 0.421. The zero-order valence-electron chi connectivity index (χ0n) is 13.0. The van der Waals surface area contributed by atoms with Crippen LogP contribution in [-0.4, -0.2) is 0 Å². The van der Waals surface area contributed by atoms with Crippen molar-refractivity contribution < 1.29 is 4.57 Å². The second-order valence-corrected chi connectivity index (χ2v) is 6.08. The molecule has 0 fully saturated rings. The predicted molar refractivity (Wildman–Crippen MR) is 83.8 cm³/mol. The normalized spacial score (nSPS) is 19.3. The second-order valence-electron chi connectivity index (χ2n) is 6.08. The molecule has 2 heterocycles. The monoisotopic (exact) mass is 266 g/mol. The highest BCUT2D eigenvalue weighted by Crippen LogP contribution is 2.47. The molecule has 1 aromatic carbocycles. The van der Waals surface area contributed by atoms with Gasteiger partial charge in [0.25, 0.3) is 0 Å². The van der Waals surface area contributed by atoms with Crippen LogP contribution in [0.4, 0.5) is 0 Å². The molecule has 1 aromatic heterocycles. The maximum atomic E-state index is 2.46. The lowest BCUT2D eigenvalue weighted by Crippen LogP contribution is -2.54. The molecule has 0 saturated heterocycles. The van der Waals surface area contributed by atoms with Crippen molar-refractivity contribution >= 4 is 0 Å². The van der Waals surface area contributed by atoms with Gasteiger partial charge in [-0.25, -0.2) is 0 Å². The van der Waals surface area contributed by atoms with Crippen LogP contribution in [0.3, 0.4) is 0 Å². The van der Waals surface area contributed by atoms with E-state index in [9.17, 15) is 0 Å². The number of benzene rings is 1. The predicted octanol–water partition coefficient (Wildman–Crippen LogP) is 4.58. The molecule has 1 aliphatic heterocycles. The van der Waals surface area contributed by atoms with Crippen molar-refractivity contribution in [1.82, 2.24) is 0 Å². The summed E-state index contributed by atoms with van der Waals surface area (Å²) in [5.74, 6) is 0. The van der Waals surface area contributed by atoms with Crippen molar-refractivity contribution in [3.8, 4) is 11.3 Å². The summed E-state index contributed by atoms with van der Waals surface area (Å²) in [4.78, 5) is 0. The summed E-state index contributed by atoms with van der Waals surface area (Å²) in [7, 11) is 0. The third-order valence-corrected chi connectivity index (χ3v) is 5.36. The molecule has 0 spiro atoms. The maximum Gasteiger partial charge on any atom is 0.213 e. The van der Waals surface area contributed by atoms with E-state index in [0.29, 0.717) is 6.04 Å². The SMILES string of the molecule is CCC1(CC)c2cc(C)ccc2-c2cccc[n+]2C1C. The van der Waals surface area contributed by atoms with Crippen molar-refractivity contribution in [2.75, 3.05) is 0 Å². The standard InChI is InChI=1S/C19H24N/c1-5-19(6-2)15(4)20-12-8-7-9-18(20)16-11-10-14(3)13-17(16)19/h7-13,15H,5-6H2,1-4H3/q+1. The smallest absolute Gasteiger partial charge is 0.195 e. The van der Waals surface area contributed by atoms with Gasteiger partial charge in [0.2, 0.25) is 5.69 Å². The second kappa shape index (κ2) is 4.73. The first kappa shape index (κ1) is 13.4. The molecule has 1 aliphatic rings.